The zero-order chi connectivity index (χ0) is 10.9. The molecule has 0 fully saturated rings. The average Bonchev–Trinajstić information content (AvgIpc) is 2.16. The van der Waals surface area contributed by atoms with Gasteiger partial charge in [-0.3, -0.25) is 0 Å². The summed E-state index contributed by atoms with van der Waals surface area (Å²) in [6.45, 7) is 6.04. The molecule has 14 heavy (non-hydrogen) atoms. The standard InChI is InChI=1S/C12H13OSi/c1-6-10-9(4)11(13-5)7(2)8(3)12(10)14/h1H,2-5H3. The van der Waals surface area contributed by atoms with Crippen LogP contribution >= 0.6 is 0 Å². The first-order valence-electron chi connectivity index (χ1n) is 4.40. The largest absolute Gasteiger partial charge is 0.496 e. The van der Waals surface area contributed by atoms with Crippen molar-refractivity contribution in [2.45, 2.75) is 20.8 Å². The molecule has 0 heterocycles. The second-order valence-electron chi connectivity index (χ2n) is 3.30. The number of ether oxygens (including phenoxy) is 1. The van der Waals surface area contributed by atoms with Crippen molar-refractivity contribution in [3.8, 4) is 18.1 Å². The van der Waals surface area contributed by atoms with Gasteiger partial charge in [-0.1, -0.05) is 5.92 Å². The van der Waals surface area contributed by atoms with E-state index in [0.29, 0.717) is 0 Å². The molecule has 0 aliphatic heterocycles. The number of hydrogen-bond donors (Lipinski definition) is 0. The van der Waals surface area contributed by atoms with E-state index in [1.807, 2.05) is 20.8 Å². The molecule has 0 saturated heterocycles. The Kier molecular flexibility index (Phi) is 3.02. The van der Waals surface area contributed by atoms with E-state index in [4.69, 9.17) is 11.2 Å². The first kappa shape index (κ1) is 10.9. The molecular formula is C12H13OSi. The van der Waals surface area contributed by atoms with Gasteiger partial charge in [0.2, 0.25) is 0 Å². The first-order chi connectivity index (χ1) is 6.54. The molecule has 0 bridgehead atoms. The van der Waals surface area contributed by atoms with Crippen molar-refractivity contribution in [1.29, 1.82) is 0 Å². The van der Waals surface area contributed by atoms with E-state index in [0.717, 1.165) is 33.2 Å². The lowest BCUT2D eigenvalue weighted by Crippen LogP contribution is -2.17. The van der Waals surface area contributed by atoms with Crippen molar-refractivity contribution in [3.63, 3.8) is 0 Å². The van der Waals surface area contributed by atoms with Crippen molar-refractivity contribution >= 4 is 15.4 Å². The number of benzene rings is 1. The van der Waals surface area contributed by atoms with Crippen LogP contribution in [-0.4, -0.2) is 17.4 Å². The molecule has 0 amide bonds. The Morgan fingerprint density at radius 2 is 1.71 bits per heavy atom. The Labute approximate surface area is 88.9 Å². The molecule has 2 heteroatoms. The van der Waals surface area contributed by atoms with Crippen LogP contribution in [-0.2, 0) is 0 Å². The van der Waals surface area contributed by atoms with E-state index < -0.39 is 0 Å². The summed E-state index contributed by atoms with van der Waals surface area (Å²) in [5.41, 5.74) is 4.16. The zero-order valence-corrected chi connectivity index (χ0v) is 9.99. The van der Waals surface area contributed by atoms with Gasteiger partial charge in [-0.2, -0.15) is 0 Å². The van der Waals surface area contributed by atoms with Gasteiger partial charge in [-0.25, -0.2) is 0 Å². The normalized spacial score (nSPS) is 9.71. The first-order valence-corrected chi connectivity index (χ1v) is 4.90. The summed E-state index contributed by atoms with van der Waals surface area (Å²) in [5.74, 6) is 3.56. The number of methoxy groups -OCH3 is 1. The van der Waals surface area contributed by atoms with Crippen LogP contribution in [0.3, 0.4) is 0 Å². The van der Waals surface area contributed by atoms with Crippen LogP contribution in [0.15, 0.2) is 0 Å². The third-order valence-electron chi connectivity index (χ3n) is 2.59. The summed E-state index contributed by atoms with van der Waals surface area (Å²) >= 11 is 0. The smallest absolute Gasteiger partial charge is 0.126 e. The van der Waals surface area contributed by atoms with Crippen molar-refractivity contribution < 1.29 is 4.74 Å². The Morgan fingerprint density at radius 3 is 2.14 bits per heavy atom. The van der Waals surface area contributed by atoms with E-state index >= 15 is 0 Å². The van der Waals surface area contributed by atoms with Crippen LogP contribution < -0.4 is 9.92 Å². The molecule has 0 saturated carbocycles. The lowest BCUT2D eigenvalue weighted by Gasteiger charge is -2.16. The van der Waals surface area contributed by atoms with Gasteiger partial charge in [0.25, 0.3) is 0 Å². The molecule has 0 N–H and O–H groups in total. The Hall–Kier alpha value is -1.20. The highest BCUT2D eigenvalue weighted by Crippen LogP contribution is 2.26. The Morgan fingerprint density at radius 1 is 1.14 bits per heavy atom. The molecule has 71 valence electrons. The fourth-order valence-corrected chi connectivity index (χ4v) is 2.06. The van der Waals surface area contributed by atoms with Gasteiger partial charge < -0.3 is 4.74 Å². The van der Waals surface area contributed by atoms with E-state index in [9.17, 15) is 0 Å². The van der Waals surface area contributed by atoms with Crippen LogP contribution in [0.1, 0.15) is 22.3 Å². The van der Waals surface area contributed by atoms with Crippen molar-refractivity contribution in [2.24, 2.45) is 0 Å². The molecule has 0 spiro atoms. The van der Waals surface area contributed by atoms with Gasteiger partial charge in [-0.15, -0.1) is 6.42 Å². The summed E-state index contributed by atoms with van der Waals surface area (Å²) in [5, 5.41) is 0.989. The Bertz CT molecular complexity index is 411. The summed E-state index contributed by atoms with van der Waals surface area (Å²) < 4.78 is 5.34. The second-order valence-corrected chi connectivity index (χ2v) is 3.80. The van der Waals surface area contributed by atoms with E-state index in [1.165, 1.54) is 0 Å². The maximum Gasteiger partial charge on any atom is 0.126 e. The fraction of sp³-hybridized carbons (Fsp3) is 0.333. The molecule has 1 aromatic rings. The zero-order valence-electron chi connectivity index (χ0n) is 8.99. The maximum atomic E-state index is 5.46. The van der Waals surface area contributed by atoms with Gasteiger partial charge in [-0.05, 0) is 37.1 Å². The highest BCUT2D eigenvalue weighted by atomic mass is 28.1. The predicted octanol–water partition coefficient (Wildman–Crippen LogP) is 1.40. The van der Waals surface area contributed by atoms with E-state index in [1.54, 1.807) is 7.11 Å². The third-order valence-corrected chi connectivity index (χ3v) is 3.22. The van der Waals surface area contributed by atoms with Gasteiger partial charge >= 0.3 is 0 Å². The summed E-state index contributed by atoms with van der Waals surface area (Å²) in [4.78, 5) is 0. The SMILES string of the molecule is C#Cc1c(C)c(OC)c(C)c(C)c1[Si]. The summed E-state index contributed by atoms with van der Waals surface area (Å²) in [7, 11) is 5.23. The number of hydrogen-bond acceptors (Lipinski definition) is 1. The van der Waals surface area contributed by atoms with Crippen LogP contribution in [0.2, 0.25) is 0 Å². The lowest BCUT2D eigenvalue weighted by atomic mass is 9.99. The molecule has 0 unspecified atom stereocenters. The molecule has 0 aromatic heterocycles. The predicted molar refractivity (Wildman–Crippen MR) is 60.5 cm³/mol. The molecule has 1 aromatic carbocycles. The highest BCUT2D eigenvalue weighted by Gasteiger charge is 2.13. The molecule has 0 aliphatic carbocycles. The third kappa shape index (κ3) is 1.44. The number of rotatable bonds is 1. The van der Waals surface area contributed by atoms with Crippen molar-refractivity contribution in [3.05, 3.63) is 22.3 Å². The van der Waals surface area contributed by atoms with Gasteiger partial charge in [0.05, 0.1) is 17.4 Å². The summed E-state index contributed by atoms with van der Waals surface area (Å²) in [6, 6.07) is 0. The topological polar surface area (TPSA) is 9.23 Å². The van der Waals surface area contributed by atoms with Gasteiger partial charge in [0.15, 0.2) is 0 Å². The highest BCUT2D eigenvalue weighted by molar-refractivity contribution is 6.35. The molecule has 1 nitrogen and oxygen atoms in total. The minimum absolute atomic E-state index is 0.876. The van der Waals surface area contributed by atoms with Crippen LogP contribution in [0, 0.1) is 33.1 Å². The minimum Gasteiger partial charge on any atom is -0.496 e. The van der Waals surface area contributed by atoms with E-state index in [-0.39, 0.29) is 0 Å². The van der Waals surface area contributed by atoms with Crippen molar-refractivity contribution in [2.75, 3.05) is 7.11 Å². The Balaban J connectivity index is 3.67. The molecular weight excluding hydrogens is 188 g/mol. The minimum atomic E-state index is 0.876. The molecule has 0 atom stereocenters. The van der Waals surface area contributed by atoms with Crippen LogP contribution in [0.4, 0.5) is 0 Å². The molecule has 1 rings (SSSR count). The van der Waals surface area contributed by atoms with Crippen LogP contribution in [0.5, 0.6) is 5.75 Å². The second kappa shape index (κ2) is 3.89. The fourth-order valence-electron chi connectivity index (χ4n) is 1.61. The monoisotopic (exact) mass is 201 g/mol. The summed E-state index contributed by atoms with van der Waals surface area (Å²) in [6.07, 6.45) is 5.46. The van der Waals surface area contributed by atoms with Crippen molar-refractivity contribution in [1.82, 2.24) is 0 Å². The van der Waals surface area contributed by atoms with Crippen LogP contribution in [0.25, 0.3) is 0 Å². The number of terminal acetylenes is 1. The van der Waals surface area contributed by atoms with E-state index in [2.05, 4.69) is 16.2 Å². The van der Waals surface area contributed by atoms with Gasteiger partial charge in [0, 0.05) is 11.1 Å². The quantitative estimate of drug-likeness (QED) is 0.493. The molecule has 0 aliphatic rings. The maximum absolute atomic E-state index is 5.46. The molecule has 3 radical (unpaired) electrons. The average molecular weight is 201 g/mol. The van der Waals surface area contributed by atoms with Gasteiger partial charge in [0.1, 0.15) is 5.75 Å². The lowest BCUT2D eigenvalue weighted by molar-refractivity contribution is 0.408.